The van der Waals surface area contributed by atoms with Crippen molar-refractivity contribution < 1.29 is 4.39 Å². The van der Waals surface area contributed by atoms with E-state index < -0.39 is 0 Å². The smallest absolute Gasteiger partial charge is 0.147 e. The lowest BCUT2D eigenvalue weighted by Gasteiger charge is -2.27. The van der Waals surface area contributed by atoms with Crippen molar-refractivity contribution >= 4 is 17.3 Å². The molecule has 0 radical (unpaired) electrons. The molecule has 0 saturated heterocycles. The van der Waals surface area contributed by atoms with Gasteiger partial charge in [0, 0.05) is 5.02 Å². The summed E-state index contributed by atoms with van der Waals surface area (Å²) in [7, 11) is 0. The molecule has 0 saturated carbocycles. The Bertz CT molecular complexity index is 597. The summed E-state index contributed by atoms with van der Waals surface area (Å²) >= 11 is 5.77. The molecule has 2 aromatic rings. The van der Waals surface area contributed by atoms with Crippen LogP contribution in [0, 0.1) is 5.82 Å². The molecule has 0 aromatic heterocycles. The fraction of sp³-hybridized carbons (Fsp3) is 0.250. The van der Waals surface area contributed by atoms with Crippen LogP contribution in [-0.2, 0) is 6.42 Å². The molecular formula is C16H15ClFN. The molecule has 1 unspecified atom stereocenters. The Labute approximate surface area is 117 Å². The lowest BCUT2D eigenvalue weighted by Crippen LogP contribution is -2.17. The molecule has 0 aliphatic heterocycles. The van der Waals surface area contributed by atoms with Crippen LogP contribution in [0.3, 0.4) is 0 Å². The average Bonchev–Trinajstić information content (AvgIpc) is 2.42. The molecule has 0 fully saturated rings. The maximum absolute atomic E-state index is 13.8. The second-order valence-electron chi connectivity index (χ2n) is 4.91. The van der Waals surface area contributed by atoms with Gasteiger partial charge in [0.15, 0.2) is 0 Å². The number of hydrogen-bond acceptors (Lipinski definition) is 1. The number of benzene rings is 2. The molecule has 0 spiro atoms. The first kappa shape index (κ1) is 12.5. The minimum absolute atomic E-state index is 0.181. The van der Waals surface area contributed by atoms with Crippen molar-refractivity contribution in [3.8, 4) is 0 Å². The highest BCUT2D eigenvalue weighted by Crippen LogP contribution is 2.33. The number of anilines is 1. The predicted molar refractivity (Wildman–Crippen MR) is 77.2 cm³/mol. The maximum atomic E-state index is 13.8. The van der Waals surface area contributed by atoms with Crippen LogP contribution < -0.4 is 5.32 Å². The minimum Gasteiger partial charge on any atom is -0.376 e. The van der Waals surface area contributed by atoms with Crippen molar-refractivity contribution in [2.75, 3.05) is 5.32 Å². The molecule has 1 atom stereocenters. The van der Waals surface area contributed by atoms with Gasteiger partial charge in [-0.25, -0.2) is 4.39 Å². The number of aryl methyl sites for hydroxylation is 1. The maximum Gasteiger partial charge on any atom is 0.147 e. The largest absolute Gasteiger partial charge is 0.376 e. The zero-order chi connectivity index (χ0) is 13.2. The van der Waals surface area contributed by atoms with Crippen LogP contribution >= 0.6 is 11.6 Å². The van der Waals surface area contributed by atoms with Gasteiger partial charge in [0.1, 0.15) is 5.82 Å². The summed E-state index contributed by atoms with van der Waals surface area (Å²) in [4.78, 5) is 0. The minimum atomic E-state index is -0.296. The Morgan fingerprint density at radius 1 is 1.16 bits per heavy atom. The first-order valence-electron chi connectivity index (χ1n) is 6.53. The number of rotatable bonds is 2. The van der Waals surface area contributed by atoms with Crippen LogP contribution in [0.1, 0.15) is 30.0 Å². The normalized spacial score (nSPS) is 17.9. The SMILES string of the molecule is Fc1cc(Cl)ccc1NC1CCCc2ccccc21. The standard InChI is InChI=1S/C16H15ClFN/c17-12-8-9-16(14(18)10-12)19-15-7-3-5-11-4-1-2-6-13(11)15/h1-2,4,6,8-10,15,19H,3,5,7H2. The van der Waals surface area contributed by atoms with E-state index in [1.165, 1.54) is 17.2 Å². The van der Waals surface area contributed by atoms with Crippen LogP contribution in [0.25, 0.3) is 0 Å². The van der Waals surface area contributed by atoms with Gasteiger partial charge in [-0.05, 0) is 48.6 Å². The highest BCUT2D eigenvalue weighted by molar-refractivity contribution is 6.30. The van der Waals surface area contributed by atoms with Gasteiger partial charge in [0.05, 0.1) is 11.7 Å². The van der Waals surface area contributed by atoms with Gasteiger partial charge in [-0.15, -0.1) is 0 Å². The van der Waals surface area contributed by atoms with Crippen molar-refractivity contribution in [1.29, 1.82) is 0 Å². The third kappa shape index (κ3) is 2.59. The van der Waals surface area contributed by atoms with Crippen molar-refractivity contribution in [3.63, 3.8) is 0 Å². The van der Waals surface area contributed by atoms with E-state index in [-0.39, 0.29) is 11.9 Å². The number of hydrogen-bond donors (Lipinski definition) is 1. The van der Waals surface area contributed by atoms with Crippen LogP contribution in [0.2, 0.25) is 5.02 Å². The van der Waals surface area contributed by atoms with Crippen molar-refractivity contribution in [3.05, 3.63) is 64.4 Å². The summed E-state index contributed by atoms with van der Waals surface area (Å²) in [6, 6.07) is 13.3. The molecular weight excluding hydrogens is 261 g/mol. The monoisotopic (exact) mass is 275 g/mol. The molecule has 1 N–H and O–H groups in total. The predicted octanol–water partition coefficient (Wildman–Crippen LogP) is 4.97. The number of nitrogens with one attached hydrogen (secondary N) is 1. The van der Waals surface area contributed by atoms with Crippen LogP contribution in [0.15, 0.2) is 42.5 Å². The molecule has 1 nitrogen and oxygen atoms in total. The first-order valence-corrected chi connectivity index (χ1v) is 6.91. The Hall–Kier alpha value is -1.54. The van der Waals surface area contributed by atoms with E-state index in [0.29, 0.717) is 10.7 Å². The molecule has 2 aromatic carbocycles. The lowest BCUT2D eigenvalue weighted by molar-refractivity contribution is 0.586. The molecule has 3 rings (SSSR count). The number of fused-ring (bicyclic) bond motifs is 1. The first-order chi connectivity index (χ1) is 9.24. The quantitative estimate of drug-likeness (QED) is 0.816. The molecule has 0 heterocycles. The Morgan fingerprint density at radius 3 is 2.84 bits per heavy atom. The van der Waals surface area contributed by atoms with Gasteiger partial charge in [-0.3, -0.25) is 0 Å². The Balaban J connectivity index is 1.88. The summed E-state index contributed by atoms with van der Waals surface area (Å²) < 4.78 is 13.8. The summed E-state index contributed by atoms with van der Waals surface area (Å²) in [6.07, 6.45) is 3.26. The summed E-state index contributed by atoms with van der Waals surface area (Å²) in [5.74, 6) is -0.296. The fourth-order valence-corrected chi connectivity index (χ4v) is 2.86. The highest BCUT2D eigenvalue weighted by atomic mass is 35.5. The molecule has 98 valence electrons. The third-order valence-corrected chi connectivity index (χ3v) is 3.87. The van der Waals surface area contributed by atoms with Crippen LogP contribution in [-0.4, -0.2) is 0 Å². The summed E-state index contributed by atoms with van der Waals surface area (Å²) in [6.45, 7) is 0. The van der Waals surface area contributed by atoms with Gasteiger partial charge in [-0.1, -0.05) is 35.9 Å². The highest BCUT2D eigenvalue weighted by Gasteiger charge is 2.20. The molecule has 19 heavy (non-hydrogen) atoms. The molecule has 1 aliphatic carbocycles. The second kappa shape index (κ2) is 5.22. The summed E-state index contributed by atoms with van der Waals surface area (Å²) in [5.41, 5.74) is 3.16. The van der Waals surface area contributed by atoms with Gasteiger partial charge in [-0.2, -0.15) is 0 Å². The van der Waals surface area contributed by atoms with Crippen molar-refractivity contribution in [1.82, 2.24) is 0 Å². The lowest BCUT2D eigenvalue weighted by atomic mass is 9.87. The van der Waals surface area contributed by atoms with Crippen molar-refractivity contribution in [2.24, 2.45) is 0 Å². The Kier molecular flexibility index (Phi) is 3.43. The van der Waals surface area contributed by atoms with Gasteiger partial charge < -0.3 is 5.32 Å². The number of halogens is 2. The van der Waals surface area contributed by atoms with E-state index in [1.54, 1.807) is 12.1 Å². The second-order valence-corrected chi connectivity index (χ2v) is 5.35. The van der Waals surface area contributed by atoms with E-state index in [9.17, 15) is 4.39 Å². The topological polar surface area (TPSA) is 12.0 Å². The zero-order valence-electron chi connectivity index (χ0n) is 10.5. The van der Waals surface area contributed by atoms with Gasteiger partial charge in [0.25, 0.3) is 0 Å². The average molecular weight is 276 g/mol. The molecule has 3 heteroatoms. The molecule has 0 amide bonds. The fourth-order valence-electron chi connectivity index (χ4n) is 2.70. The van der Waals surface area contributed by atoms with Crippen LogP contribution in [0.4, 0.5) is 10.1 Å². The van der Waals surface area contributed by atoms with E-state index in [4.69, 9.17) is 11.6 Å². The van der Waals surface area contributed by atoms with E-state index in [1.807, 2.05) is 6.07 Å². The van der Waals surface area contributed by atoms with E-state index in [0.717, 1.165) is 19.3 Å². The van der Waals surface area contributed by atoms with E-state index >= 15 is 0 Å². The van der Waals surface area contributed by atoms with Gasteiger partial charge in [0.2, 0.25) is 0 Å². The van der Waals surface area contributed by atoms with Crippen molar-refractivity contribution in [2.45, 2.75) is 25.3 Å². The summed E-state index contributed by atoms with van der Waals surface area (Å²) in [5, 5.41) is 3.72. The molecule has 1 aliphatic rings. The zero-order valence-corrected chi connectivity index (χ0v) is 11.3. The third-order valence-electron chi connectivity index (χ3n) is 3.63. The molecule has 0 bridgehead atoms. The van der Waals surface area contributed by atoms with Crippen LogP contribution in [0.5, 0.6) is 0 Å². The Morgan fingerprint density at radius 2 is 2.00 bits per heavy atom. The van der Waals surface area contributed by atoms with Gasteiger partial charge >= 0.3 is 0 Å². The van der Waals surface area contributed by atoms with E-state index in [2.05, 4.69) is 23.5 Å².